The molecule has 0 aliphatic rings. The van der Waals surface area contributed by atoms with Crippen molar-refractivity contribution in [2.75, 3.05) is 0 Å². The van der Waals surface area contributed by atoms with Crippen LogP contribution in [0.25, 0.3) is 5.69 Å². The predicted molar refractivity (Wildman–Crippen MR) is 46.9 cm³/mol. The minimum absolute atomic E-state index is 0.0788. The number of hydrogen-bond donors (Lipinski definition) is 1. The molecule has 1 aromatic heterocycles. The molecule has 0 unspecified atom stereocenters. The fourth-order valence-electron chi connectivity index (χ4n) is 1.22. The Balaban J connectivity index is 2.64. The number of benzene rings is 1. The van der Waals surface area contributed by atoms with Crippen molar-refractivity contribution in [3.05, 3.63) is 35.4 Å². The molecule has 0 aliphatic heterocycles. The number of nitrogens with zero attached hydrogens (tertiary/aromatic N) is 4. The van der Waals surface area contributed by atoms with Gasteiger partial charge in [0.25, 0.3) is 0 Å². The minimum atomic E-state index is -1.31. The Labute approximate surface area is 87.7 Å². The number of aromatic nitrogens is 4. The third kappa shape index (κ3) is 1.63. The van der Waals surface area contributed by atoms with Crippen LogP contribution >= 0.6 is 0 Å². The number of tetrazole rings is 1. The van der Waals surface area contributed by atoms with Crippen molar-refractivity contribution in [2.45, 2.75) is 6.54 Å². The van der Waals surface area contributed by atoms with E-state index < -0.39 is 23.1 Å². The van der Waals surface area contributed by atoms with Crippen LogP contribution in [-0.2, 0) is 6.54 Å². The Kier molecular flexibility index (Phi) is 2.57. The average molecular weight is 229 g/mol. The molecule has 2 rings (SSSR count). The van der Waals surface area contributed by atoms with Gasteiger partial charge in [0, 0.05) is 12.1 Å². The van der Waals surface area contributed by atoms with Crippen LogP contribution in [0, 0.1) is 17.5 Å². The second-order valence-corrected chi connectivity index (χ2v) is 2.93. The molecule has 16 heavy (non-hydrogen) atoms. The molecular weight excluding hydrogens is 223 g/mol. The summed E-state index contributed by atoms with van der Waals surface area (Å²) in [5.41, 5.74) is 4.87. The first kappa shape index (κ1) is 10.6. The Hall–Kier alpha value is -1.96. The van der Waals surface area contributed by atoms with Gasteiger partial charge in [-0.3, -0.25) is 0 Å². The van der Waals surface area contributed by atoms with Crippen molar-refractivity contribution in [1.29, 1.82) is 0 Å². The zero-order valence-corrected chi connectivity index (χ0v) is 7.86. The lowest BCUT2D eigenvalue weighted by molar-refractivity contribution is 0.485. The highest BCUT2D eigenvalue weighted by molar-refractivity contribution is 5.34. The molecule has 0 radical (unpaired) electrons. The van der Waals surface area contributed by atoms with Crippen LogP contribution in [0.5, 0.6) is 0 Å². The summed E-state index contributed by atoms with van der Waals surface area (Å²) in [5.74, 6) is -3.37. The second kappa shape index (κ2) is 3.89. The number of halogens is 3. The molecule has 0 saturated carbocycles. The first-order chi connectivity index (χ1) is 7.63. The molecule has 2 aromatic rings. The molecule has 0 spiro atoms. The largest absolute Gasteiger partial charge is 0.324 e. The smallest absolute Gasteiger partial charge is 0.184 e. The van der Waals surface area contributed by atoms with Gasteiger partial charge in [-0.15, -0.1) is 5.10 Å². The molecule has 0 aliphatic carbocycles. The third-order valence-electron chi connectivity index (χ3n) is 1.92. The number of nitrogens with two attached hydrogens (primary N) is 1. The van der Waals surface area contributed by atoms with E-state index in [1.807, 2.05) is 0 Å². The second-order valence-electron chi connectivity index (χ2n) is 2.93. The maximum Gasteiger partial charge on any atom is 0.184 e. The predicted octanol–water partition coefficient (Wildman–Crippen LogP) is 0.538. The normalized spacial score (nSPS) is 10.8. The van der Waals surface area contributed by atoms with Crippen molar-refractivity contribution in [1.82, 2.24) is 20.2 Å². The molecule has 5 nitrogen and oxygen atoms in total. The van der Waals surface area contributed by atoms with Crippen LogP contribution in [0.2, 0.25) is 0 Å². The summed E-state index contributed by atoms with van der Waals surface area (Å²) in [5, 5.41) is 10.1. The van der Waals surface area contributed by atoms with E-state index in [4.69, 9.17) is 5.73 Å². The van der Waals surface area contributed by atoms with E-state index in [1.165, 1.54) is 0 Å². The van der Waals surface area contributed by atoms with Gasteiger partial charge in [-0.05, 0) is 10.4 Å². The van der Waals surface area contributed by atoms with Crippen molar-refractivity contribution in [3.63, 3.8) is 0 Å². The molecule has 8 heteroatoms. The van der Waals surface area contributed by atoms with Gasteiger partial charge in [-0.1, -0.05) is 0 Å². The summed E-state index contributed by atoms with van der Waals surface area (Å²) in [4.78, 5) is 0. The zero-order chi connectivity index (χ0) is 11.7. The van der Waals surface area contributed by atoms with E-state index in [1.54, 1.807) is 0 Å². The van der Waals surface area contributed by atoms with Crippen LogP contribution in [0.3, 0.4) is 0 Å². The van der Waals surface area contributed by atoms with Gasteiger partial charge in [0.1, 0.15) is 11.5 Å². The van der Waals surface area contributed by atoms with Gasteiger partial charge < -0.3 is 5.73 Å². The van der Waals surface area contributed by atoms with E-state index in [9.17, 15) is 13.2 Å². The standard InChI is InChI=1S/C8H6F3N5/c9-4-1-5(10)8(11)6(2-4)16-7(3-12)13-14-15-16/h1-2H,3,12H2. The summed E-state index contributed by atoms with van der Waals surface area (Å²) in [6.45, 7) is -0.0788. The highest BCUT2D eigenvalue weighted by atomic mass is 19.2. The third-order valence-corrected chi connectivity index (χ3v) is 1.92. The van der Waals surface area contributed by atoms with Crippen LogP contribution in [0.1, 0.15) is 5.82 Å². The van der Waals surface area contributed by atoms with Crippen LogP contribution in [-0.4, -0.2) is 20.2 Å². The molecule has 0 atom stereocenters. The Morgan fingerprint density at radius 2 is 2.00 bits per heavy atom. The SMILES string of the molecule is NCc1nnnn1-c1cc(F)cc(F)c1F. The van der Waals surface area contributed by atoms with Crippen molar-refractivity contribution >= 4 is 0 Å². The van der Waals surface area contributed by atoms with Gasteiger partial charge in [0.15, 0.2) is 17.5 Å². The number of hydrogen-bond acceptors (Lipinski definition) is 4. The van der Waals surface area contributed by atoms with Crippen molar-refractivity contribution < 1.29 is 13.2 Å². The fourth-order valence-corrected chi connectivity index (χ4v) is 1.22. The zero-order valence-electron chi connectivity index (χ0n) is 7.86. The molecule has 0 bridgehead atoms. The van der Waals surface area contributed by atoms with Crippen LogP contribution < -0.4 is 5.73 Å². The molecule has 0 fully saturated rings. The average Bonchev–Trinajstić information content (AvgIpc) is 2.71. The highest BCUT2D eigenvalue weighted by Gasteiger charge is 2.16. The lowest BCUT2D eigenvalue weighted by atomic mass is 10.3. The molecule has 84 valence electrons. The van der Waals surface area contributed by atoms with Crippen molar-refractivity contribution in [2.24, 2.45) is 5.73 Å². The minimum Gasteiger partial charge on any atom is -0.324 e. The van der Waals surface area contributed by atoms with Crippen LogP contribution in [0.4, 0.5) is 13.2 Å². The maximum absolute atomic E-state index is 13.4. The summed E-state index contributed by atoms with van der Waals surface area (Å²) >= 11 is 0. The fraction of sp³-hybridized carbons (Fsp3) is 0.125. The van der Waals surface area contributed by atoms with E-state index in [2.05, 4.69) is 15.5 Å². The summed E-state index contributed by atoms with van der Waals surface area (Å²) < 4.78 is 40.1. The van der Waals surface area contributed by atoms with Gasteiger partial charge in [0.05, 0.1) is 6.54 Å². The quantitative estimate of drug-likeness (QED) is 0.763. The summed E-state index contributed by atoms with van der Waals surface area (Å²) in [6, 6.07) is 1.22. The molecule has 2 N–H and O–H groups in total. The van der Waals surface area contributed by atoms with E-state index in [0.29, 0.717) is 6.07 Å². The lowest BCUT2D eigenvalue weighted by Crippen LogP contribution is -2.10. The first-order valence-corrected chi connectivity index (χ1v) is 4.25. The Morgan fingerprint density at radius 1 is 1.25 bits per heavy atom. The lowest BCUT2D eigenvalue weighted by Gasteiger charge is -2.05. The summed E-state index contributed by atoms with van der Waals surface area (Å²) in [6.07, 6.45) is 0. The molecule has 1 heterocycles. The molecule has 0 saturated heterocycles. The van der Waals surface area contributed by atoms with Crippen molar-refractivity contribution in [3.8, 4) is 5.69 Å². The molecule has 0 amide bonds. The van der Waals surface area contributed by atoms with E-state index in [-0.39, 0.29) is 12.4 Å². The van der Waals surface area contributed by atoms with Gasteiger partial charge in [-0.25, -0.2) is 13.2 Å². The van der Waals surface area contributed by atoms with E-state index >= 15 is 0 Å². The Bertz CT molecular complexity index is 524. The molecule has 1 aromatic carbocycles. The van der Waals surface area contributed by atoms with Gasteiger partial charge in [-0.2, -0.15) is 4.68 Å². The first-order valence-electron chi connectivity index (χ1n) is 4.25. The highest BCUT2D eigenvalue weighted by Crippen LogP contribution is 2.18. The monoisotopic (exact) mass is 229 g/mol. The topological polar surface area (TPSA) is 69.6 Å². The van der Waals surface area contributed by atoms with Gasteiger partial charge >= 0.3 is 0 Å². The van der Waals surface area contributed by atoms with Gasteiger partial charge in [0.2, 0.25) is 0 Å². The number of rotatable bonds is 2. The Morgan fingerprint density at radius 3 is 2.69 bits per heavy atom. The summed E-state index contributed by atoms with van der Waals surface area (Å²) in [7, 11) is 0. The maximum atomic E-state index is 13.4. The van der Waals surface area contributed by atoms with Crippen LogP contribution in [0.15, 0.2) is 12.1 Å². The van der Waals surface area contributed by atoms with E-state index in [0.717, 1.165) is 10.7 Å². The molecular formula is C8H6F3N5.